The number of aliphatic imine (C=N–C) groups is 1. The van der Waals surface area contributed by atoms with Crippen molar-refractivity contribution in [3.05, 3.63) is 44.3 Å². The number of fused-ring (bicyclic) bond motifs is 1. The molecule has 0 radical (unpaired) electrons. The summed E-state index contributed by atoms with van der Waals surface area (Å²) in [7, 11) is 0. The van der Waals surface area contributed by atoms with Crippen molar-refractivity contribution in [1.29, 1.82) is 0 Å². The van der Waals surface area contributed by atoms with Crippen molar-refractivity contribution in [2.45, 2.75) is 0 Å². The lowest BCUT2D eigenvalue weighted by Crippen LogP contribution is -1.89. The highest BCUT2D eigenvalue weighted by molar-refractivity contribution is 7.71. The minimum Gasteiger partial charge on any atom is -0.493 e. The highest BCUT2D eigenvalue weighted by Gasteiger charge is 2.17. The third-order valence-electron chi connectivity index (χ3n) is 2.88. The number of aromatic amines is 2. The van der Waals surface area contributed by atoms with E-state index >= 15 is 0 Å². The second-order valence-electron chi connectivity index (χ2n) is 4.16. The van der Waals surface area contributed by atoms with Crippen LogP contribution in [0.2, 0.25) is 0 Å². The first kappa shape index (κ1) is 12.3. The molecule has 0 amide bonds. The number of hydrogen-bond donors (Lipinski definition) is 3. The number of hydrogen-bond acceptors (Lipinski definition) is 5. The van der Waals surface area contributed by atoms with E-state index in [0.717, 1.165) is 0 Å². The summed E-state index contributed by atoms with van der Waals surface area (Å²) >= 11 is 4.87. The zero-order valence-corrected chi connectivity index (χ0v) is 10.8. The zero-order chi connectivity index (χ0) is 14.3. The number of rotatable bonds is 2. The average molecular weight is 288 g/mol. The smallest absolute Gasteiger partial charge is 0.270 e. The first-order valence-electron chi connectivity index (χ1n) is 5.60. The Balaban J connectivity index is 2.10. The van der Waals surface area contributed by atoms with E-state index in [9.17, 15) is 15.2 Å². The van der Waals surface area contributed by atoms with E-state index < -0.39 is 4.92 Å². The molecule has 7 nitrogen and oxygen atoms in total. The molecule has 3 N–H and O–H groups in total. The molecule has 0 unspecified atom stereocenters. The van der Waals surface area contributed by atoms with Gasteiger partial charge in [0.2, 0.25) is 5.88 Å². The van der Waals surface area contributed by atoms with Gasteiger partial charge in [-0.3, -0.25) is 15.1 Å². The number of imidazole rings is 1. The Morgan fingerprint density at radius 1 is 1.40 bits per heavy atom. The minimum absolute atomic E-state index is 0.00798. The number of H-pyrrole nitrogens is 2. The number of nitrogens with one attached hydrogen (secondary N) is 2. The van der Waals surface area contributed by atoms with Crippen molar-refractivity contribution in [1.82, 2.24) is 9.97 Å². The molecule has 3 rings (SSSR count). The number of aromatic hydroxyl groups is 1. The summed E-state index contributed by atoms with van der Waals surface area (Å²) in [5, 5.41) is 20.4. The topological polar surface area (TPSA) is 107 Å². The molecule has 0 fully saturated rings. The fraction of sp³-hybridized carbons (Fsp3) is 0. The predicted octanol–water partition coefficient (Wildman–Crippen LogP) is 2.94. The van der Waals surface area contributed by atoms with Gasteiger partial charge >= 0.3 is 0 Å². The predicted molar refractivity (Wildman–Crippen MR) is 76.8 cm³/mol. The molecule has 1 aromatic heterocycles. The van der Waals surface area contributed by atoms with Crippen LogP contribution in [0.25, 0.3) is 11.6 Å². The SMILES string of the molecule is O=[N+]([O-])c1ccc2c(c1)/C(=C\c1[nH]c(=S)[nH]c1O)C=N2. The van der Waals surface area contributed by atoms with Crippen molar-refractivity contribution in [2.24, 2.45) is 4.99 Å². The summed E-state index contributed by atoms with van der Waals surface area (Å²) in [6, 6.07) is 4.44. The molecule has 100 valence electrons. The molecule has 1 aliphatic rings. The molecular formula is C12H8N4O3S. The lowest BCUT2D eigenvalue weighted by atomic mass is 10.1. The van der Waals surface area contributed by atoms with E-state index in [2.05, 4.69) is 15.0 Å². The molecule has 0 atom stereocenters. The normalized spacial score (nSPS) is 14.7. The van der Waals surface area contributed by atoms with Crippen LogP contribution in [0.5, 0.6) is 5.88 Å². The molecule has 2 heterocycles. The second-order valence-corrected chi connectivity index (χ2v) is 4.57. The van der Waals surface area contributed by atoms with Gasteiger partial charge in [0.15, 0.2) is 4.77 Å². The number of nitrogens with zero attached hydrogens (tertiary/aromatic N) is 2. The van der Waals surface area contributed by atoms with Crippen molar-refractivity contribution in [3.63, 3.8) is 0 Å². The minimum atomic E-state index is -0.461. The van der Waals surface area contributed by atoms with Crippen LogP contribution in [-0.4, -0.2) is 26.2 Å². The lowest BCUT2D eigenvalue weighted by molar-refractivity contribution is -0.384. The Labute approximate surface area is 117 Å². The molecule has 0 bridgehead atoms. The Hall–Kier alpha value is -2.74. The first-order valence-corrected chi connectivity index (χ1v) is 6.01. The largest absolute Gasteiger partial charge is 0.493 e. The molecule has 8 heteroatoms. The van der Waals surface area contributed by atoms with Gasteiger partial charge < -0.3 is 15.1 Å². The van der Waals surface area contributed by atoms with E-state index in [1.807, 2.05) is 0 Å². The van der Waals surface area contributed by atoms with Gasteiger partial charge in [0.25, 0.3) is 5.69 Å². The van der Waals surface area contributed by atoms with Crippen LogP contribution in [0.3, 0.4) is 0 Å². The van der Waals surface area contributed by atoms with Gasteiger partial charge in [0.1, 0.15) is 5.69 Å². The van der Waals surface area contributed by atoms with Crippen molar-refractivity contribution < 1.29 is 10.0 Å². The molecular weight excluding hydrogens is 280 g/mol. The molecule has 0 saturated heterocycles. The summed E-state index contributed by atoms with van der Waals surface area (Å²) in [5.41, 5.74) is 2.33. The number of benzene rings is 1. The van der Waals surface area contributed by atoms with Crippen LogP contribution in [-0.2, 0) is 0 Å². The Kier molecular flexibility index (Phi) is 2.72. The number of allylic oxidation sites excluding steroid dienone is 1. The average Bonchev–Trinajstić information content (AvgIpc) is 2.93. The molecule has 20 heavy (non-hydrogen) atoms. The highest BCUT2D eigenvalue weighted by atomic mass is 32.1. The summed E-state index contributed by atoms with van der Waals surface area (Å²) in [6.45, 7) is 0. The van der Waals surface area contributed by atoms with E-state index in [-0.39, 0.29) is 11.6 Å². The number of nitro groups is 1. The van der Waals surface area contributed by atoms with Crippen LogP contribution < -0.4 is 0 Å². The van der Waals surface area contributed by atoms with Crippen LogP contribution in [0.1, 0.15) is 11.3 Å². The standard InChI is InChI=1S/C12H8N4O3S/c17-11-10(14-12(20)15-11)3-6-5-13-9-2-1-7(16(18)19)4-8(6)9/h1-5,17H,(H2,14,15,20)/b6-3-. The van der Waals surface area contributed by atoms with Gasteiger partial charge in [-0.25, -0.2) is 0 Å². The van der Waals surface area contributed by atoms with Crippen LogP contribution >= 0.6 is 12.2 Å². The molecule has 1 aromatic carbocycles. The maximum Gasteiger partial charge on any atom is 0.270 e. The van der Waals surface area contributed by atoms with Crippen LogP contribution in [0.15, 0.2) is 23.2 Å². The number of nitro benzene ring substituents is 1. The first-order chi connectivity index (χ1) is 9.54. The van der Waals surface area contributed by atoms with Crippen LogP contribution in [0, 0.1) is 14.9 Å². The number of non-ortho nitro benzene ring substituents is 1. The van der Waals surface area contributed by atoms with Crippen molar-refractivity contribution in [3.8, 4) is 5.88 Å². The Bertz CT molecular complexity index is 831. The Morgan fingerprint density at radius 2 is 2.20 bits per heavy atom. The zero-order valence-electron chi connectivity index (χ0n) is 9.95. The van der Waals surface area contributed by atoms with Crippen LogP contribution in [0.4, 0.5) is 11.4 Å². The van der Waals surface area contributed by atoms with Crippen molar-refractivity contribution in [2.75, 3.05) is 0 Å². The second kappa shape index (κ2) is 4.42. The maximum absolute atomic E-state index is 10.8. The quantitative estimate of drug-likeness (QED) is 0.448. The monoisotopic (exact) mass is 288 g/mol. The maximum atomic E-state index is 10.8. The summed E-state index contributed by atoms with van der Waals surface area (Å²) in [5.74, 6) is -0.0882. The fourth-order valence-electron chi connectivity index (χ4n) is 1.95. The van der Waals surface area contributed by atoms with Gasteiger partial charge in [-0.05, 0) is 24.4 Å². The third-order valence-corrected chi connectivity index (χ3v) is 3.08. The fourth-order valence-corrected chi connectivity index (χ4v) is 2.16. The number of aromatic nitrogens is 2. The van der Waals surface area contributed by atoms with Gasteiger partial charge in [0.05, 0.1) is 10.6 Å². The van der Waals surface area contributed by atoms with E-state index in [0.29, 0.717) is 27.3 Å². The molecule has 0 aliphatic carbocycles. The van der Waals surface area contributed by atoms with Gasteiger partial charge in [0, 0.05) is 29.5 Å². The highest BCUT2D eigenvalue weighted by Crippen LogP contribution is 2.35. The third kappa shape index (κ3) is 2.01. The lowest BCUT2D eigenvalue weighted by Gasteiger charge is -1.99. The van der Waals surface area contributed by atoms with Gasteiger partial charge in [-0.1, -0.05) is 0 Å². The molecule has 0 saturated carbocycles. The molecule has 2 aromatic rings. The van der Waals surface area contributed by atoms with Gasteiger partial charge in [-0.2, -0.15) is 0 Å². The van der Waals surface area contributed by atoms with E-state index in [1.54, 1.807) is 18.4 Å². The molecule has 1 aliphatic heterocycles. The summed E-state index contributed by atoms with van der Waals surface area (Å²) in [6.07, 6.45) is 3.21. The van der Waals surface area contributed by atoms with Gasteiger partial charge in [-0.15, -0.1) is 0 Å². The van der Waals surface area contributed by atoms with Crippen molar-refractivity contribution >= 4 is 41.5 Å². The van der Waals surface area contributed by atoms with E-state index in [1.165, 1.54) is 12.1 Å². The summed E-state index contributed by atoms with van der Waals surface area (Å²) < 4.78 is 0.295. The Morgan fingerprint density at radius 3 is 2.85 bits per heavy atom. The molecule has 0 spiro atoms. The van der Waals surface area contributed by atoms with E-state index in [4.69, 9.17) is 12.2 Å². The summed E-state index contributed by atoms with van der Waals surface area (Å²) in [4.78, 5) is 19.8.